The minimum Gasteiger partial charge on any atom is -0.377 e. The molecule has 0 bridgehead atoms. The van der Waals surface area contributed by atoms with Crippen molar-refractivity contribution in [1.29, 1.82) is 5.26 Å². The van der Waals surface area contributed by atoms with E-state index in [0.29, 0.717) is 26.2 Å². The maximum atomic E-state index is 12.7. The molecule has 2 fully saturated rings. The number of ether oxygens (including phenoxy) is 1. The van der Waals surface area contributed by atoms with Crippen LogP contribution in [0.25, 0.3) is 0 Å². The SMILES string of the molecule is N#Cc1ccccc1S(=O)(=O)N1CCN(CC2CCCO2)CC1. The Morgan fingerprint density at radius 3 is 2.61 bits per heavy atom. The lowest BCUT2D eigenvalue weighted by Crippen LogP contribution is -2.50. The number of hydrogen-bond acceptors (Lipinski definition) is 5. The van der Waals surface area contributed by atoms with Gasteiger partial charge in [-0.15, -0.1) is 0 Å². The fourth-order valence-electron chi connectivity index (χ4n) is 3.15. The molecular formula is C16H21N3O3S. The summed E-state index contributed by atoms with van der Waals surface area (Å²) in [5, 5.41) is 9.13. The first-order chi connectivity index (χ1) is 11.1. The molecule has 0 saturated carbocycles. The summed E-state index contributed by atoms with van der Waals surface area (Å²) in [4.78, 5) is 2.37. The van der Waals surface area contributed by atoms with Gasteiger partial charge in [0.1, 0.15) is 6.07 Å². The van der Waals surface area contributed by atoms with Gasteiger partial charge in [-0.3, -0.25) is 4.90 Å². The van der Waals surface area contributed by atoms with E-state index >= 15 is 0 Å². The molecule has 1 aromatic carbocycles. The first-order valence-electron chi connectivity index (χ1n) is 7.94. The summed E-state index contributed by atoms with van der Waals surface area (Å²) in [5.41, 5.74) is 0.203. The van der Waals surface area contributed by atoms with Crippen LogP contribution in [0.4, 0.5) is 0 Å². The number of rotatable bonds is 4. The third-order valence-electron chi connectivity index (χ3n) is 4.44. The van der Waals surface area contributed by atoms with Crippen LogP contribution in [0.15, 0.2) is 29.2 Å². The molecule has 7 heteroatoms. The van der Waals surface area contributed by atoms with Gasteiger partial charge in [-0.05, 0) is 25.0 Å². The van der Waals surface area contributed by atoms with Gasteiger partial charge >= 0.3 is 0 Å². The Kier molecular flexibility index (Phi) is 4.97. The molecular weight excluding hydrogens is 314 g/mol. The molecule has 0 spiro atoms. The van der Waals surface area contributed by atoms with E-state index in [1.54, 1.807) is 18.2 Å². The Bertz CT molecular complexity index is 685. The largest absolute Gasteiger partial charge is 0.377 e. The number of hydrogen-bond donors (Lipinski definition) is 0. The number of benzene rings is 1. The van der Waals surface area contributed by atoms with Crippen LogP contribution in [0, 0.1) is 11.3 Å². The summed E-state index contributed by atoms with van der Waals surface area (Å²) in [6, 6.07) is 8.35. The zero-order valence-corrected chi connectivity index (χ0v) is 13.8. The first kappa shape index (κ1) is 16.4. The highest BCUT2D eigenvalue weighted by Gasteiger charge is 2.31. The van der Waals surface area contributed by atoms with E-state index in [2.05, 4.69) is 4.90 Å². The fourth-order valence-corrected chi connectivity index (χ4v) is 4.72. The van der Waals surface area contributed by atoms with E-state index in [-0.39, 0.29) is 16.6 Å². The summed E-state index contributed by atoms with van der Waals surface area (Å²) in [5.74, 6) is 0. The maximum absolute atomic E-state index is 12.7. The van der Waals surface area contributed by atoms with Crippen molar-refractivity contribution in [3.63, 3.8) is 0 Å². The van der Waals surface area contributed by atoms with Gasteiger partial charge in [-0.2, -0.15) is 9.57 Å². The normalized spacial score (nSPS) is 23.7. The molecule has 1 atom stereocenters. The molecule has 0 N–H and O–H groups in total. The van der Waals surface area contributed by atoms with Crippen molar-refractivity contribution in [2.75, 3.05) is 39.3 Å². The lowest BCUT2D eigenvalue weighted by molar-refractivity contribution is 0.0617. The minimum atomic E-state index is -3.60. The molecule has 2 heterocycles. The van der Waals surface area contributed by atoms with Crippen molar-refractivity contribution >= 4 is 10.0 Å². The van der Waals surface area contributed by atoms with E-state index in [0.717, 1.165) is 26.0 Å². The Morgan fingerprint density at radius 1 is 1.22 bits per heavy atom. The van der Waals surface area contributed by atoms with Crippen molar-refractivity contribution in [3.05, 3.63) is 29.8 Å². The molecule has 2 aliphatic heterocycles. The maximum Gasteiger partial charge on any atom is 0.244 e. The van der Waals surface area contributed by atoms with Gasteiger partial charge in [0.05, 0.1) is 16.6 Å². The van der Waals surface area contributed by atoms with Crippen LogP contribution in [0.5, 0.6) is 0 Å². The highest BCUT2D eigenvalue weighted by Crippen LogP contribution is 2.21. The number of nitriles is 1. The van der Waals surface area contributed by atoms with Gasteiger partial charge in [0.25, 0.3) is 0 Å². The second-order valence-electron chi connectivity index (χ2n) is 5.95. The predicted octanol–water partition coefficient (Wildman–Crippen LogP) is 1.04. The summed E-state index contributed by atoms with van der Waals surface area (Å²) in [7, 11) is -3.60. The Balaban J connectivity index is 1.65. The third kappa shape index (κ3) is 3.56. The topological polar surface area (TPSA) is 73.6 Å². The van der Waals surface area contributed by atoms with Gasteiger partial charge < -0.3 is 4.74 Å². The van der Waals surface area contributed by atoms with E-state index in [4.69, 9.17) is 10.00 Å². The molecule has 0 amide bonds. The zero-order chi connectivity index (χ0) is 16.3. The van der Waals surface area contributed by atoms with Crippen LogP contribution in [-0.4, -0.2) is 63.1 Å². The average Bonchev–Trinajstić information content (AvgIpc) is 3.08. The van der Waals surface area contributed by atoms with Gasteiger partial charge in [0, 0.05) is 39.3 Å². The van der Waals surface area contributed by atoms with E-state index in [9.17, 15) is 8.42 Å². The Labute approximate surface area is 137 Å². The molecule has 1 unspecified atom stereocenters. The van der Waals surface area contributed by atoms with Crippen LogP contribution in [0.1, 0.15) is 18.4 Å². The second-order valence-corrected chi connectivity index (χ2v) is 7.85. The van der Waals surface area contributed by atoms with Crippen LogP contribution in [0.3, 0.4) is 0 Å². The molecule has 3 rings (SSSR count). The van der Waals surface area contributed by atoms with Crippen LogP contribution in [-0.2, 0) is 14.8 Å². The quantitative estimate of drug-likeness (QED) is 0.822. The predicted molar refractivity (Wildman–Crippen MR) is 85.3 cm³/mol. The van der Waals surface area contributed by atoms with Gasteiger partial charge in [-0.25, -0.2) is 8.42 Å². The number of sulfonamides is 1. The van der Waals surface area contributed by atoms with Gasteiger partial charge in [0.15, 0.2) is 0 Å². The highest BCUT2D eigenvalue weighted by atomic mass is 32.2. The smallest absolute Gasteiger partial charge is 0.244 e. The van der Waals surface area contributed by atoms with Crippen molar-refractivity contribution < 1.29 is 13.2 Å². The summed E-state index contributed by atoms with van der Waals surface area (Å²) >= 11 is 0. The molecule has 2 aliphatic rings. The summed E-state index contributed by atoms with van der Waals surface area (Å²) < 4.78 is 32.6. The molecule has 23 heavy (non-hydrogen) atoms. The summed E-state index contributed by atoms with van der Waals surface area (Å²) in [6.07, 6.45) is 2.50. The summed E-state index contributed by atoms with van der Waals surface area (Å²) in [6.45, 7) is 4.03. The minimum absolute atomic E-state index is 0.107. The van der Waals surface area contributed by atoms with Gasteiger partial charge in [-0.1, -0.05) is 12.1 Å². The third-order valence-corrected chi connectivity index (χ3v) is 6.40. The second kappa shape index (κ2) is 6.97. The molecule has 124 valence electrons. The Morgan fingerprint density at radius 2 is 1.96 bits per heavy atom. The fraction of sp³-hybridized carbons (Fsp3) is 0.562. The molecule has 6 nitrogen and oxygen atoms in total. The van der Waals surface area contributed by atoms with E-state index in [1.165, 1.54) is 10.4 Å². The number of nitrogens with zero attached hydrogens (tertiary/aromatic N) is 3. The standard InChI is InChI=1S/C16H21N3O3S/c17-12-14-4-1-2-6-16(14)23(20,21)19-9-7-18(8-10-19)13-15-5-3-11-22-15/h1-2,4,6,15H,3,5,7-11,13H2. The van der Waals surface area contributed by atoms with Crippen LogP contribution >= 0.6 is 0 Å². The monoisotopic (exact) mass is 335 g/mol. The van der Waals surface area contributed by atoms with Crippen LogP contribution in [0.2, 0.25) is 0 Å². The highest BCUT2D eigenvalue weighted by molar-refractivity contribution is 7.89. The Hall–Kier alpha value is -1.46. The van der Waals surface area contributed by atoms with Crippen molar-refractivity contribution in [2.24, 2.45) is 0 Å². The molecule has 1 aromatic rings. The van der Waals surface area contributed by atoms with E-state index < -0.39 is 10.0 Å². The van der Waals surface area contributed by atoms with Crippen LogP contribution < -0.4 is 0 Å². The van der Waals surface area contributed by atoms with Crippen molar-refractivity contribution in [2.45, 2.75) is 23.8 Å². The number of piperazine rings is 1. The lowest BCUT2D eigenvalue weighted by Gasteiger charge is -2.35. The molecule has 0 aliphatic carbocycles. The molecule has 0 aromatic heterocycles. The molecule has 2 saturated heterocycles. The van der Waals surface area contributed by atoms with Crippen molar-refractivity contribution in [3.8, 4) is 6.07 Å². The first-order valence-corrected chi connectivity index (χ1v) is 9.38. The zero-order valence-electron chi connectivity index (χ0n) is 13.0. The van der Waals surface area contributed by atoms with Crippen molar-refractivity contribution in [1.82, 2.24) is 9.21 Å². The molecule has 0 radical (unpaired) electrons. The van der Waals surface area contributed by atoms with E-state index in [1.807, 2.05) is 6.07 Å². The van der Waals surface area contributed by atoms with Gasteiger partial charge in [0.2, 0.25) is 10.0 Å². The average molecular weight is 335 g/mol. The lowest BCUT2D eigenvalue weighted by atomic mass is 10.2.